The van der Waals surface area contributed by atoms with Crippen molar-refractivity contribution in [3.8, 4) is 12.3 Å². The van der Waals surface area contributed by atoms with Gasteiger partial charge in [0, 0.05) is 36.5 Å². The highest BCUT2D eigenvalue weighted by Crippen LogP contribution is 2.34. The van der Waals surface area contributed by atoms with Crippen molar-refractivity contribution in [3.63, 3.8) is 0 Å². The van der Waals surface area contributed by atoms with E-state index in [4.69, 9.17) is 11.2 Å². The number of piperidine rings is 1. The van der Waals surface area contributed by atoms with E-state index < -0.39 is 35.8 Å². The van der Waals surface area contributed by atoms with E-state index in [0.717, 1.165) is 17.4 Å². The van der Waals surface area contributed by atoms with Gasteiger partial charge in [0.25, 0.3) is 0 Å². The number of hydrogen-bond donors (Lipinski definition) is 1. The van der Waals surface area contributed by atoms with E-state index >= 15 is 0 Å². The van der Waals surface area contributed by atoms with Gasteiger partial charge in [0.2, 0.25) is 11.9 Å². The van der Waals surface area contributed by atoms with Gasteiger partial charge in [0.15, 0.2) is 5.69 Å². The molecule has 0 unspecified atom stereocenters. The summed E-state index contributed by atoms with van der Waals surface area (Å²) < 4.78 is 47.1. The summed E-state index contributed by atoms with van der Waals surface area (Å²) in [7, 11) is 0. The molecule has 1 N–H and O–H groups in total. The van der Waals surface area contributed by atoms with Gasteiger partial charge >= 0.3 is 12.3 Å². The number of amides is 2. The maximum atomic E-state index is 13.9. The largest absolute Gasteiger partial charge is 0.444 e. The van der Waals surface area contributed by atoms with Crippen molar-refractivity contribution in [2.75, 3.05) is 22.9 Å². The van der Waals surface area contributed by atoms with Crippen molar-refractivity contribution in [2.24, 2.45) is 0 Å². The Morgan fingerprint density at radius 2 is 1.89 bits per heavy atom. The summed E-state index contributed by atoms with van der Waals surface area (Å²) in [4.78, 5) is 36.4. The number of cyclic esters (lactones) is 1. The van der Waals surface area contributed by atoms with E-state index in [2.05, 4.69) is 21.2 Å². The number of aromatic nitrogens is 2. The van der Waals surface area contributed by atoms with Gasteiger partial charge in [-0.3, -0.25) is 9.69 Å². The smallest absolute Gasteiger partial charge is 0.433 e. The molecule has 0 bridgehead atoms. The average molecular weight is 530 g/mol. The molecule has 2 aliphatic heterocycles. The number of fused-ring (bicyclic) bond motifs is 1. The Bertz CT molecular complexity index is 1230. The first-order valence-electron chi connectivity index (χ1n) is 12.6. The lowest BCUT2D eigenvalue weighted by Crippen LogP contribution is -2.49. The minimum Gasteiger partial charge on any atom is -0.444 e. The molecule has 8 nitrogen and oxygen atoms in total. The number of para-hydroxylation sites is 1. The molecule has 2 amide bonds. The summed E-state index contributed by atoms with van der Waals surface area (Å²) in [5.41, 5.74) is -0.681. The van der Waals surface area contributed by atoms with Gasteiger partial charge in [-0.2, -0.15) is 13.2 Å². The quantitative estimate of drug-likeness (QED) is 0.533. The molecule has 2 aromatic rings. The molecule has 202 valence electrons. The molecule has 4 rings (SSSR count). The van der Waals surface area contributed by atoms with Crippen molar-refractivity contribution < 1.29 is 27.5 Å². The summed E-state index contributed by atoms with van der Waals surface area (Å²) in [6, 6.07) is 7.32. The molecular formula is C27H30F3N5O3. The van der Waals surface area contributed by atoms with Crippen LogP contribution in [0.25, 0.3) is 0 Å². The standard InChI is InChI=1S/C27H30F3N5O3/c1-4-26(5-2,6-3)33-22(36)15-19-16-31-24(32-23(19)27(28,29)30)34-13-11-20(12-14-34)35-21-10-8-7-9-18(21)17-38-25(35)37/h1,7-10,16,20H,5-6,11-15,17H2,2-3H3,(H,33,36). The zero-order chi connectivity index (χ0) is 27.5. The van der Waals surface area contributed by atoms with Crippen LogP contribution in [0, 0.1) is 12.3 Å². The van der Waals surface area contributed by atoms with Gasteiger partial charge in [-0.15, -0.1) is 6.42 Å². The van der Waals surface area contributed by atoms with Crippen LogP contribution in [0.2, 0.25) is 0 Å². The first-order valence-corrected chi connectivity index (χ1v) is 12.6. The van der Waals surface area contributed by atoms with E-state index in [-0.39, 0.29) is 24.2 Å². The van der Waals surface area contributed by atoms with E-state index in [0.29, 0.717) is 38.8 Å². The SMILES string of the molecule is C#CC(CC)(CC)NC(=O)Cc1cnc(N2CCC(N3C(=O)OCc4ccccc43)CC2)nc1C(F)(F)F. The van der Waals surface area contributed by atoms with Crippen LogP contribution in [-0.2, 0) is 28.7 Å². The average Bonchev–Trinajstić information content (AvgIpc) is 2.91. The fourth-order valence-electron chi connectivity index (χ4n) is 4.92. The van der Waals surface area contributed by atoms with Crippen LogP contribution in [0.1, 0.15) is 56.4 Å². The Kier molecular flexibility index (Phi) is 7.81. The lowest BCUT2D eigenvalue weighted by atomic mass is 9.93. The molecular weight excluding hydrogens is 499 g/mol. The molecule has 0 radical (unpaired) electrons. The number of terminal acetylenes is 1. The highest BCUT2D eigenvalue weighted by Gasteiger charge is 2.39. The maximum absolute atomic E-state index is 13.9. The first kappa shape index (κ1) is 27.2. The van der Waals surface area contributed by atoms with Crippen LogP contribution in [-0.4, -0.2) is 46.6 Å². The second-order valence-corrected chi connectivity index (χ2v) is 9.47. The topological polar surface area (TPSA) is 87.7 Å². The number of carbonyl (C=O) groups excluding carboxylic acids is 2. The summed E-state index contributed by atoms with van der Waals surface area (Å²) >= 11 is 0. The number of anilines is 2. The minimum atomic E-state index is -4.77. The van der Waals surface area contributed by atoms with Crippen LogP contribution >= 0.6 is 0 Å². The second-order valence-electron chi connectivity index (χ2n) is 9.47. The Balaban J connectivity index is 1.49. The second kappa shape index (κ2) is 10.9. The predicted molar refractivity (Wildman–Crippen MR) is 135 cm³/mol. The predicted octanol–water partition coefficient (Wildman–Crippen LogP) is 4.47. The van der Waals surface area contributed by atoms with E-state index in [9.17, 15) is 22.8 Å². The van der Waals surface area contributed by atoms with E-state index in [1.54, 1.807) is 23.6 Å². The van der Waals surface area contributed by atoms with Crippen LogP contribution in [0.3, 0.4) is 0 Å². The van der Waals surface area contributed by atoms with Crippen molar-refractivity contribution in [1.29, 1.82) is 0 Å². The zero-order valence-corrected chi connectivity index (χ0v) is 21.3. The molecule has 1 aromatic heterocycles. The van der Waals surface area contributed by atoms with Crippen LogP contribution in [0.4, 0.5) is 29.6 Å². The number of hydrogen-bond acceptors (Lipinski definition) is 6. The molecule has 3 heterocycles. The third-order valence-electron chi connectivity index (χ3n) is 7.24. The van der Waals surface area contributed by atoms with Gasteiger partial charge in [-0.25, -0.2) is 14.8 Å². The number of halogens is 3. The fraction of sp³-hybridized carbons (Fsp3) is 0.481. The van der Waals surface area contributed by atoms with Crippen LogP contribution < -0.4 is 15.1 Å². The first-order chi connectivity index (χ1) is 18.1. The monoisotopic (exact) mass is 529 g/mol. The number of alkyl halides is 3. The minimum absolute atomic E-state index is 0.0679. The van der Waals surface area contributed by atoms with Crippen LogP contribution in [0.5, 0.6) is 0 Å². The summed E-state index contributed by atoms with van der Waals surface area (Å²) in [5.74, 6) is 1.85. The third-order valence-corrected chi connectivity index (χ3v) is 7.24. The zero-order valence-electron chi connectivity index (χ0n) is 21.3. The molecule has 1 aromatic carbocycles. The molecule has 0 saturated carbocycles. The summed E-state index contributed by atoms with van der Waals surface area (Å²) in [6.07, 6.45) is 2.77. The van der Waals surface area contributed by atoms with Gasteiger partial charge in [0.05, 0.1) is 12.1 Å². The Labute approximate surface area is 219 Å². The number of rotatable bonds is 7. The Hall–Kier alpha value is -3.81. The molecule has 11 heteroatoms. The number of benzene rings is 1. The Morgan fingerprint density at radius 3 is 2.53 bits per heavy atom. The van der Waals surface area contributed by atoms with E-state index in [1.165, 1.54) is 0 Å². The molecule has 0 spiro atoms. The van der Waals surface area contributed by atoms with Gasteiger partial charge in [0.1, 0.15) is 12.1 Å². The maximum Gasteiger partial charge on any atom is 0.433 e. The molecule has 1 saturated heterocycles. The Morgan fingerprint density at radius 1 is 1.21 bits per heavy atom. The highest BCUT2D eigenvalue weighted by molar-refractivity contribution is 5.91. The van der Waals surface area contributed by atoms with Gasteiger partial charge in [-0.1, -0.05) is 38.0 Å². The molecule has 0 aliphatic carbocycles. The molecule has 38 heavy (non-hydrogen) atoms. The summed E-state index contributed by atoms with van der Waals surface area (Å²) in [5, 5.41) is 2.68. The van der Waals surface area contributed by atoms with Crippen molar-refractivity contribution in [3.05, 3.63) is 47.3 Å². The molecule has 1 fully saturated rings. The van der Waals surface area contributed by atoms with Crippen molar-refractivity contribution in [2.45, 2.75) is 70.3 Å². The number of nitrogens with one attached hydrogen (secondary N) is 1. The van der Waals surface area contributed by atoms with Crippen molar-refractivity contribution >= 4 is 23.6 Å². The number of nitrogens with zero attached hydrogens (tertiary/aromatic N) is 4. The molecule has 2 aliphatic rings. The highest BCUT2D eigenvalue weighted by atomic mass is 19.4. The normalized spacial score (nSPS) is 16.5. The van der Waals surface area contributed by atoms with Crippen molar-refractivity contribution in [1.82, 2.24) is 15.3 Å². The van der Waals surface area contributed by atoms with Crippen LogP contribution in [0.15, 0.2) is 30.5 Å². The van der Waals surface area contributed by atoms with E-state index in [1.807, 2.05) is 24.3 Å². The number of carbonyl (C=O) groups is 2. The lowest BCUT2D eigenvalue weighted by Gasteiger charge is -2.40. The lowest BCUT2D eigenvalue weighted by molar-refractivity contribution is -0.142. The van der Waals surface area contributed by atoms with Gasteiger partial charge < -0.3 is 15.0 Å². The molecule has 0 atom stereocenters. The fourth-order valence-corrected chi connectivity index (χ4v) is 4.92. The third kappa shape index (κ3) is 5.54. The van der Waals surface area contributed by atoms with Gasteiger partial charge in [-0.05, 0) is 31.7 Å². The number of ether oxygens (including phenoxy) is 1. The summed E-state index contributed by atoms with van der Waals surface area (Å²) in [6.45, 7) is 4.53.